The number of rotatable bonds is 1. The summed E-state index contributed by atoms with van der Waals surface area (Å²) in [5.74, 6) is 0. The Hall–Kier alpha value is -0.0800. The number of hydrogen-bond donors (Lipinski definition) is 1. The van der Waals surface area contributed by atoms with Crippen molar-refractivity contribution in [2.45, 2.75) is 75.5 Å². The van der Waals surface area contributed by atoms with Gasteiger partial charge in [0.15, 0.2) is 0 Å². The van der Waals surface area contributed by atoms with Gasteiger partial charge in [-0.3, -0.25) is 4.90 Å². The van der Waals surface area contributed by atoms with E-state index < -0.39 is 0 Å². The molecule has 2 bridgehead atoms. The Labute approximate surface area is 86.8 Å². The molecule has 3 fully saturated rings. The summed E-state index contributed by atoms with van der Waals surface area (Å²) in [5, 5.41) is 0. The summed E-state index contributed by atoms with van der Waals surface area (Å²) in [6.45, 7) is 0. The predicted octanol–water partition coefficient (Wildman–Crippen LogP) is 1.88. The van der Waals surface area contributed by atoms with E-state index in [0.29, 0.717) is 6.04 Å². The first-order valence-electron chi connectivity index (χ1n) is 6.37. The molecule has 0 aromatic rings. The summed E-state index contributed by atoms with van der Waals surface area (Å²) in [5.41, 5.74) is 6.09. The first-order chi connectivity index (χ1) is 6.84. The van der Waals surface area contributed by atoms with E-state index in [1.54, 1.807) is 0 Å². The molecule has 1 saturated carbocycles. The maximum absolute atomic E-state index is 6.09. The molecule has 2 unspecified atom stereocenters. The van der Waals surface area contributed by atoms with Crippen LogP contribution in [0.1, 0.15) is 51.4 Å². The standard InChI is InChI=1S/C12H22N2/c13-9-7-11-5-6-12(8-9)14(11)10-3-1-2-4-10/h9-12H,1-8,13H2. The molecule has 0 amide bonds. The second-order valence-corrected chi connectivity index (χ2v) is 5.50. The van der Waals surface area contributed by atoms with Gasteiger partial charge in [-0.1, -0.05) is 12.8 Å². The summed E-state index contributed by atoms with van der Waals surface area (Å²) in [7, 11) is 0. The molecule has 2 N–H and O–H groups in total. The van der Waals surface area contributed by atoms with E-state index in [1.807, 2.05) is 0 Å². The van der Waals surface area contributed by atoms with E-state index in [2.05, 4.69) is 4.90 Å². The van der Waals surface area contributed by atoms with Crippen LogP contribution in [0.3, 0.4) is 0 Å². The molecule has 2 saturated heterocycles. The number of nitrogens with zero attached hydrogens (tertiary/aromatic N) is 1. The molecule has 2 atom stereocenters. The molecule has 2 heteroatoms. The number of hydrogen-bond acceptors (Lipinski definition) is 2. The smallest absolute Gasteiger partial charge is 0.0116 e. The molecule has 80 valence electrons. The van der Waals surface area contributed by atoms with Gasteiger partial charge in [0, 0.05) is 24.2 Å². The minimum absolute atomic E-state index is 0.505. The van der Waals surface area contributed by atoms with Crippen molar-refractivity contribution in [2.24, 2.45) is 5.73 Å². The van der Waals surface area contributed by atoms with Crippen LogP contribution in [0, 0.1) is 0 Å². The van der Waals surface area contributed by atoms with Crippen molar-refractivity contribution < 1.29 is 0 Å². The molecule has 3 aliphatic rings. The van der Waals surface area contributed by atoms with Crippen molar-refractivity contribution in [1.82, 2.24) is 4.90 Å². The Morgan fingerprint density at radius 1 is 0.786 bits per heavy atom. The summed E-state index contributed by atoms with van der Waals surface area (Å²) in [6.07, 6.45) is 11.2. The number of fused-ring (bicyclic) bond motifs is 2. The van der Waals surface area contributed by atoms with Crippen molar-refractivity contribution in [3.63, 3.8) is 0 Å². The Bertz CT molecular complexity index is 196. The van der Waals surface area contributed by atoms with Crippen LogP contribution in [0.2, 0.25) is 0 Å². The molecule has 0 aromatic heterocycles. The van der Waals surface area contributed by atoms with Crippen molar-refractivity contribution in [1.29, 1.82) is 0 Å². The Morgan fingerprint density at radius 3 is 1.93 bits per heavy atom. The Morgan fingerprint density at radius 2 is 1.36 bits per heavy atom. The molecule has 0 aromatic carbocycles. The summed E-state index contributed by atoms with van der Waals surface area (Å²) < 4.78 is 0. The van der Waals surface area contributed by atoms with Gasteiger partial charge in [-0.15, -0.1) is 0 Å². The van der Waals surface area contributed by atoms with Gasteiger partial charge >= 0.3 is 0 Å². The highest BCUT2D eigenvalue weighted by atomic mass is 15.3. The number of piperidine rings is 1. The van der Waals surface area contributed by atoms with Crippen LogP contribution in [-0.2, 0) is 0 Å². The predicted molar refractivity (Wildman–Crippen MR) is 58.1 cm³/mol. The van der Waals surface area contributed by atoms with E-state index in [1.165, 1.54) is 51.4 Å². The molecular formula is C12H22N2. The molecule has 2 heterocycles. The molecule has 0 spiro atoms. The highest BCUT2D eigenvalue weighted by molar-refractivity contribution is 4.99. The summed E-state index contributed by atoms with van der Waals surface area (Å²) >= 11 is 0. The SMILES string of the molecule is NC1CC2CCC(C1)N2C1CCCC1. The highest BCUT2D eigenvalue weighted by Gasteiger charge is 2.43. The molecule has 2 aliphatic heterocycles. The zero-order valence-corrected chi connectivity index (χ0v) is 8.99. The van der Waals surface area contributed by atoms with Crippen molar-refractivity contribution in [2.75, 3.05) is 0 Å². The normalized spacial score (nSPS) is 44.8. The molecule has 3 rings (SSSR count). The quantitative estimate of drug-likeness (QED) is 0.690. The summed E-state index contributed by atoms with van der Waals surface area (Å²) in [4.78, 5) is 2.86. The van der Waals surface area contributed by atoms with Crippen LogP contribution in [0.25, 0.3) is 0 Å². The lowest BCUT2D eigenvalue weighted by Crippen LogP contribution is -2.51. The van der Waals surface area contributed by atoms with Gasteiger partial charge in [-0.05, 0) is 38.5 Å². The lowest BCUT2D eigenvalue weighted by molar-refractivity contribution is 0.0801. The van der Waals surface area contributed by atoms with Crippen LogP contribution in [0.5, 0.6) is 0 Å². The third kappa shape index (κ3) is 1.40. The van der Waals surface area contributed by atoms with E-state index in [9.17, 15) is 0 Å². The largest absolute Gasteiger partial charge is 0.328 e. The second kappa shape index (κ2) is 3.49. The number of nitrogens with two attached hydrogens (primary N) is 1. The lowest BCUT2D eigenvalue weighted by Gasteiger charge is -2.41. The first-order valence-corrected chi connectivity index (χ1v) is 6.37. The fourth-order valence-corrected chi connectivity index (χ4v) is 4.05. The van der Waals surface area contributed by atoms with Gasteiger partial charge in [0.05, 0.1) is 0 Å². The molecule has 1 aliphatic carbocycles. The topological polar surface area (TPSA) is 29.3 Å². The van der Waals surface area contributed by atoms with Gasteiger partial charge in [0.25, 0.3) is 0 Å². The Balaban J connectivity index is 1.74. The minimum Gasteiger partial charge on any atom is -0.328 e. The molecule has 0 radical (unpaired) electrons. The van der Waals surface area contributed by atoms with Crippen LogP contribution in [0.4, 0.5) is 0 Å². The third-order valence-electron chi connectivity index (χ3n) is 4.57. The van der Waals surface area contributed by atoms with Gasteiger partial charge in [0.1, 0.15) is 0 Å². The van der Waals surface area contributed by atoms with E-state index in [-0.39, 0.29) is 0 Å². The van der Waals surface area contributed by atoms with Gasteiger partial charge in [-0.2, -0.15) is 0 Å². The van der Waals surface area contributed by atoms with Gasteiger partial charge < -0.3 is 5.73 Å². The second-order valence-electron chi connectivity index (χ2n) is 5.50. The third-order valence-corrected chi connectivity index (χ3v) is 4.57. The fraction of sp³-hybridized carbons (Fsp3) is 1.00. The monoisotopic (exact) mass is 194 g/mol. The van der Waals surface area contributed by atoms with Crippen LogP contribution in [0.15, 0.2) is 0 Å². The van der Waals surface area contributed by atoms with Crippen molar-refractivity contribution in [3.8, 4) is 0 Å². The van der Waals surface area contributed by atoms with Gasteiger partial charge in [0.2, 0.25) is 0 Å². The zero-order valence-electron chi connectivity index (χ0n) is 8.99. The van der Waals surface area contributed by atoms with Gasteiger partial charge in [-0.25, -0.2) is 0 Å². The lowest BCUT2D eigenvalue weighted by atomic mass is 9.96. The maximum atomic E-state index is 6.09. The van der Waals surface area contributed by atoms with Crippen molar-refractivity contribution in [3.05, 3.63) is 0 Å². The maximum Gasteiger partial charge on any atom is 0.0116 e. The van der Waals surface area contributed by atoms with Crippen LogP contribution >= 0.6 is 0 Å². The van der Waals surface area contributed by atoms with E-state index in [0.717, 1.165) is 18.1 Å². The summed E-state index contributed by atoms with van der Waals surface area (Å²) in [6, 6.07) is 3.14. The van der Waals surface area contributed by atoms with E-state index in [4.69, 9.17) is 5.73 Å². The van der Waals surface area contributed by atoms with E-state index >= 15 is 0 Å². The van der Waals surface area contributed by atoms with Crippen LogP contribution < -0.4 is 5.73 Å². The average Bonchev–Trinajstić information content (AvgIpc) is 2.72. The molecular weight excluding hydrogens is 172 g/mol. The molecule has 14 heavy (non-hydrogen) atoms. The minimum atomic E-state index is 0.505. The zero-order chi connectivity index (χ0) is 9.54. The van der Waals surface area contributed by atoms with Crippen LogP contribution in [-0.4, -0.2) is 29.1 Å². The highest BCUT2D eigenvalue weighted by Crippen LogP contribution is 2.40. The first kappa shape index (κ1) is 9.17. The average molecular weight is 194 g/mol. The molecule has 2 nitrogen and oxygen atoms in total. The van der Waals surface area contributed by atoms with Crippen molar-refractivity contribution >= 4 is 0 Å². The fourth-order valence-electron chi connectivity index (χ4n) is 4.05. The Kier molecular flexibility index (Phi) is 2.29.